The Morgan fingerprint density at radius 1 is 1.05 bits per heavy atom. The highest BCUT2D eigenvalue weighted by Gasteiger charge is 2.30. The van der Waals surface area contributed by atoms with Gasteiger partial charge in [0.25, 0.3) is 0 Å². The van der Waals surface area contributed by atoms with Crippen LogP contribution in [0.3, 0.4) is 0 Å². The van der Waals surface area contributed by atoms with Gasteiger partial charge in [-0.1, -0.05) is 17.3 Å². The van der Waals surface area contributed by atoms with Gasteiger partial charge in [0, 0.05) is 57.0 Å². The summed E-state index contributed by atoms with van der Waals surface area (Å²) in [4.78, 5) is 8.91. The lowest BCUT2D eigenvalue weighted by molar-refractivity contribution is -0.137. The van der Waals surface area contributed by atoms with E-state index in [2.05, 4.69) is 19.9 Å². The van der Waals surface area contributed by atoms with Crippen molar-refractivity contribution in [3.63, 3.8) is 0 Å². The first-order valence-corrected chi connectivity index (χ1v) is 12.8. The number of aromatic nitrogens is 2. The Morgan fingerprint density at radius 3 is 2.51 bits per heavy atom. The Bertz CT molecular complexity index is 1330. The number of piperazine rings is 1. The van der Waals surface area contributed by atoms with E-state index in [-0.39, 0.29) is 6.61 Å². The number of nitrogens with zero attached hydrogens (tertiary/aromatic N) is 4. The lowest BCUT2D eigenvalue weighted by Gasteiger charge is -2.35. The minimum atomic E-state index is -4.37. The van der Waals surface area contributed by atoms with Crippen molar-refractivity contribution in [3.05, 3.63) is 64.8 Å². The highest BCUT2D eigenvalue weighted by atomic mass is 32.1. The predicted octanol–water partition coefficient (Wildman–Crippen LogP) is 4.84. The number of rotatable bonds is 8. The molecule has 0 radical (unpaired) electrons. The van der Waals surface area contributed by atoms with Crippen molar-refractivity contribution < 1.29 is 27.5 Å². The molecule has 1 fully saturated rings. The minimum absolute atomic E-state index is 0.209. The molecule has 0 saturated carbocycles. The molecule has 1 saturated heterocycles. The van der Waals surface area contributed by atoms with Crippen LogP contribution in [-0.4, -0.2) is 70.5 Å². The standard InChI is InChI=1S/C26H27F3N4O3S/c1-17-30-23-13-22(6-7-25(23)37-17)35-16-21(34)15-33-10-8-32(9-11-33)14-20-12-24(36-31-20)18-2-4-19(5-3-18)26(27,28)29/h2-7,12-13,21,34H,8-11,14-16H2,1H3. The van der Waals surface area contributed by atoms with Crippen LogP contribution in [0.5, 0.6) is 5.75 Å². The van der Waals surface area contributed by atoms with E-state index >= 15 is 0 Å². The number of aliphatic hydroxyl groups is 1. The fourth-order valence-corrected chi connectivity index (χ4v) is 5.17. The summed E-state index contributed by atoms with van der Waals surface area (Å²) in [5.74, 6) is 1.14. The number of hydrogen-bond donors (Lipinski definition) is 1. The van der Waals surface area contributed by atoms with E-state index in [1.807, 2.05) is 25.1 Å². The molecule has 3 heterocycles. The van der Waals surface area contributed by atoms with Gasteiger partial charge in [-0.15, -0.1) is 11.3 Å². The van der Waals surface area contributed by atoms with Gasteiger partial charge in [-0.25, -0.2) is 4.98 Å². The topological polar surface area (TPSA) is 74.9 Å². The fraction of sp³-hybridized carbons (Fsp3) is 0.385. The first kappa shape index (κ1) is 25.7. The van der Waals surface area contributed by atoms with Crippen molar-refractivity contribution in [1.29, 1.82) is 0 Å². The van der Waals surface area contributed by atoms with Gasteiger partial charge in [-0.3, -0.25) is 9.80 Å². The number of thiazole rings is 1. The van der Waals surface area contributed by atoms with Crippen molar-refractivity contribution >= 4 is 21.6 Å². The molecule has 1 unspecified atom stereocenters. The average Bonchev–Trinajstić information content (AvgIpc) is 3.49. The number of benzene rings is 2. The molecule has 1 aliphatic heterocycles. The second-order valence-corrected chi connectivity index (χ2v) is 10.4. The Kier molecular flexibility index (Phi) is 7.47. The zero-order chi connectivity index (χ0) is 26.0. The van der Waals surface area contributed by atoms with Gasteiger partial charge in [0.05, 0.1) is 26.5 Å². The zero-order valence-electron chi connectivity index (χ0n) is 20.2. The molecule has 2 aromatic carbocycles. The van der Waals surface area contributed by atoms with E-state index in [0.29, 0.717) is 30.2 Å². The number of aryl methyl sites for hydroxylation is 1. The lowest BCUT2D eigenvalue weighted by Crippen LogP contribution is -2.48. The maximum atomic E-state index is 12.8. The van der Waals surface area contributed by atoms with Crippen LogP contribution in [-0.2, 0) is 12.7 Å². The molecule has 4 aromatic rings. The number of halogens is 3. The summed E-state index contributed by atoms with van der Waals surface area (Å²) in [6.45, 7) is 6.49. The van der Waals surface area contributed by atoms with Crippen LogP contribution in [0.15, 0.2) is 53.1 Å². The molecule has 2 aromatic heterocycles. The summed E-state index contributed by atoms with van der Waals surface area (Å²) < 4.78 is 50.6. The molecule has 5 rings (SSSR count). The van der Waals surface area contributed by atoms with Crippen LogP contribution >= 0.6 is 11.3 Å². The van der Waals surface area contributed by atoms with Crippen LogP contribution in [0.25, 0.3) is 21.5 Å². The third-order valence-electron chi connectivity index (χ3n) is 6.28. The molecular weight excluding hydrogens is 505 g/mol. The summed E-state index contributed by atoms with van der Waals surface area (Å²) in [6, 6.07) is 12.4. The molecule has 7 nitrogen and oxygen atoms in total. The van der Waals surface area contributed by atoms with Gasteiger partial charge in [-0.2, -0.15) is 13.2 Å². The average molecular weight is 533 g/mol. The van der Waals surface area contributed by atoms with Gasteiger partial charge in [0.1, 0.15) is 18.5 Å². The third-order valence-corrected chi connectivity index (χ3v) is 7.24. The highest BCUT2D eigenvalue weighted by Crippen LogP contribution is 2.31. The Hall–Kier alpha value is -2.99. The van der Waals surface area contributed by atoms with Crippen molar-refractivity contribution in [2.24, 2.45) is 0 Å². The lowest BCUT2D eigenvalue weighted by atomic mass is 10.1. The number of alkyl halides is 3. The molecule has 0 bridgehead atoms. The number of hydrogen-bond acceptors (Lipinski definition) is 8. The smallest absolute Gasteiger partial charge is 0.416 e. The number of ether oxygens (including phenoxy) is 1. The van der Waals surface area contributed by atoms with E-state index in [1.165, 1.54) is 12.1 Å². The van der Waals surface area contributed by atoms with Gasteiger partial charge in [0.15, 0.2) is 5.76 Å². The monoisotopic (exact) mass is 532 g/mol. The minimum Gasteiger partial charge on any atom is -0.491 e. The van der Waals surface area contributed by atoms with Crippen LogP contribution in [0.1, 0.15) is 16.3 Å². The van der Waals surface area contributed by atoms with Crippen molar-refractivity contribution in [2.75, 3.05) is 39.3 Å². The summed E-state index contributed by atoms with van der Waals surface area (Å²) in [5.41, 5.74) is 1.49. The van der Waals surface area contributed by atoms with Crippen molar-refractivity contribution in [2.45, 2.75) is 25.7 Å². The molecule has 1 aliphatic rings. The molecular formula is C26H27F3N4O3S. The Morgan fingerprint density at radius 2 is 1.78 bits per heavy atom. The predicted molar refractivity (Wildman–Crippen MR) is 135 cm³/mol. The van der Waals surface area contributed by atoms with Crippen molar-refractivity contribution in [1.82, 2.24) is 19.9 Å². The molecule has 0 spiro atoms. The van der Waals surface area contributed by atoms with E-state index in [9.17, 15) is 18.3 Å². The molecule has 196 valence electrons. The zero-order valence-corrected chi connectivity index (χ0v) is 21.1. The first-order valence-electron chi connectivity index (χ1n) is 12.0. The first-order chi connectivity index (χ1) is 17.7. The number of aliphatic hydroxyl groups excluding tert-OH is 1. The second-order valence-electron chi connectivity index (χ2n) is 9.16. The van der Waals surface area contributed by atoms with Crippen LogP contribution in [0.4, 0.5) is 13.2 Å². The number of fused-ring (bicyclic) bond motifs is 1. The SMILES string of the molecule is Cc1nc2cc(OCC(O)CN3CCN(Cc4cc(-c5ccc(C(F)(F)F)cc5)on4)CC3)ccc2s1. The normalized spacial score (nSPS) is 16.4. The van der Waals surface area contributed by atoms with Gasteiger partial charge >= 0.3 is 6.18 Å². The van der Waals surface area contributed by atoms with Crippen LogP contribution < -0.4 is 4.74 Å². The highest BCUT2D eigenvalue weighted by molar-refractivity contribution is 7.18. The molecule has 37 heavy (non-hydrogen) atoms. The van der Waals surface area contributed by atoms with Crippen molar-refractivity contribution in [3.8, 4) is 17.1 Å². The van der Waals surface area contributed by atoms with E-state index in [0.717, 1.165) is 59.2 Å². The Labute approximate surface area is 216 Å². The molecule has 0 amide bonds. The van der Waals surface area contributed by atoms with Gasteiger partial charge < -0.3 is 14.4 Å². The molecule has 1 N–H and O–H groups in total. The number of β-amino-alcohol motifs (C(OH)–C–C–N with tert-alkyl or cyclic N) is 1. The van der Waals surface area contributed by atoms with E-state index in [1.54, 1.807) is 17.4 Å². The maximum Gasteiger partial charge on any atom is 0.416 e. The summed E-state index contributed by atoms with van der Waals surface area (Å²) >= 11 is 1.64. The third kappa shape index (κ3) is 6.48. The van der Waals surface area contributed by atoms with E-state index in [4.69, 9.17) is 9.26 Å². The molecule has 11 heteroatoms. The summed E-state index contributed by atoms with van der Waals surface area (Å²) in [5, 5.41) is 15.6. The van der Waals surface area contributed by atoms with Gasteiger partial charge in [-0.05, 0) is 31.2 Å². The quantitative estimate of drug-likeness (QED) is 0.348. The fourth-order valence-electron chi connectivity index (χ4n) is 4.36. The van der Waals surface area contributed by atoms with Gasteiger partial charge in [0.2, 0.25) is 0 Å². The largest absolute Gasteiger partial charge is 0.491 e. The van der Waals surface area contributed by atoms with E-state index < -0.39 is 17.8 Å². The molecule has 1 atom stereocenters. The summed E-state index contributed by atoms with van der Waals surface area (Å²) in [6.07, 6.45) is -4.98. The van der Waals surface area contributed by atoms with Crippen LogP contribution in [0, 0.1) is 6.92 Å². The summed E-state index contributed by atoms with van der Waals surface area (Å²) in [7, 11) is 0. The van der Waals surface area contributed by atoms with Crippen LogP contribution in [0.2, 0.25) is 0 Å². The molecule has 0 aliphatic carbocycles. The second kappa shape index (κ2) is 10.8. The Balaban J connectivity index is 1.06. The maximum absolute atomic E-state index is 12.8.